The average Bonchev–Trinajstić information content (AvgIpc) is 3.33. The molecule has 6 nitrogen and oxygen atoms in total. The largest absolute Gasteiger partial charge is 0.462 e. The maximum Gasteiger partial charge on any atom is 0.306 e. The van der Waals surface area contributed by atoms with Gasteiger partial charge in [0.1, 0.15) is 13.2 Å². The van der Waals surface area contributed by atoms with Crippen molar-refractivity contribution in [1.82, 2.24) is 0 Å². The Kier molecular flexibility index (Phi) is 51.5. The summed E-state index contributed by atoms with van der Waals surface area (Å²) >= 11 is 0. The van der Waals surface area contributed by atoms with Crippen molar-refractivity contribution in [2.45, 2.75) is 245 Å². The summed E-state index contributed by atoms with van der Waals surface area (Å²) in [4.78, 5) is 38.1. The zero-order valence-electron chi connectivity index (χ0n) is 43.4. The Morgan fingerprint density at radius 1 is 0.313 bits per heavy atom. The average molecular weight is 929 g/mol. The Morgan fingerprint density at radius 3 is 0.970 bits per heavy atom. The van der Waals surface area contributed by atoms with E-state index in [0.717, 1.165) is 83.5 Å². The Hall–Kier alpha value is -3.93. The minimum atomic E-state index is -0.807. The standard InChI is InChI=1S/C61H100O6/c1-4-7-10-13-16-19-22-25-27-29-30-32-33-36-39-42-45-48-51-54-60(63)66-57-58(56-65-59(62)53-50-47-44-41-38-35-24-21-18-15-12-9-6-3)67-61(64)55-52-49-46-43-40-37-34-31-28-26-23-20-17-14-11-8-5-2/h7,10,13,16,19,22,25-30,32-33,35-36,38-39,58H,4-6,8-9,11-12,14-15,17-18,20-21,23-24,31,34,37,40-57H2,1-3H3/b10-7-,16-13-,22-19-,27-25-,28-26-,30-29+,33-32-,38-35-,39-36-. The molecule has 0 bridgehead atoms. The van der Waals surface area contributed by atoms with Gasteiger partial charge in [-0.25, -0.2) is 0 Å². The van der Waals surface area contributed by atoms with Gasteiger partial charge in [0.15, 0.2) is 6.10 Å². The molecule has 0 aromatic carbocycles. The van der Waals surface area contributed by atoms with Crippen LogP contribution in [0.15, 0.2) is 109 Å². The highest BCUT2D eigenvalue weighted by molar-refractivity contribution is 5.71. The lowest BCUT2D eigenvalue weighted by Crippen LogP contribution is -2.30. The summed E-state index contributed by atoms with van der Waals surface area (Å²) in [7, 11) is 0. The van der Waals surface area contributed by atoms with E-state index in [-0.39, 0.29) is 31.1 Å². The van der Waals surface area contributed by atoms with Crippen molar-refractivity contribution in [3.05, 3.63) is 109 Å². The van der Waals surface area contributed by atoms with Gasteiger partial charge < -0.3 is 14.2 Å². The molecule has 6 heteroatoms. The maximum absolute atomic E-state index is 12.8. The van der Waals surface area contributed by atoms with Crippen molar-refractivity contribution in [1.29, 1.82) is 0 Å². The van der Waals surface area contributed by atoms with Gasteiger partial charge in [-0.05, 0) is 89.9 Å². The van der Waals surface area contributed by atoms with Crippen LogP contribution in [0.2, 0.25) is 0 Å². The summed E-state index contributed by atoms with van der Waals surface area (Å²) < 4.78 is 16.8. The van der Waals surface area contributed by atoms with Crippen LogP contribution in [0.25, 0.3) is 0 Å². The van der Waals surface area contributed by atoms with Crippen molar-refractivity contribution < 1.29 is 28.6 Å². The first-order valence-electron chi connectivity index (χ1n) is 27.5. The molecular weight excluding hydrogens is 829 g/mol. The molecule has 0 aromatic rings. The number of carbonyl (C=O) groups excluding carboxylic acids is 3. The second-order valence-corrected chi connectivity index (χ2v) is 17.9. The normalized spacial score (nSPS) is 12.9. The lowest BCUT2D eigenvalue weighted by molar-refractivity contribution is -0.167. The second-order valence-electron chi connectivity index (χ2n) is 17.9. The van der Waals surface area contributed by atoms with Crippen molar-refractivity contribution >= 4 is 17.9 Å². The molecule has 0 rings (SSSR count). The highest BCUT2D eigenvalue weighted by Gasteiger charge is 2.19. The molecule has 0 radical (unpaired) electrons. The van der Waals surface area contributed by atoms with Crippen LogP contribution in [0.5, 0.6) is 0 Å². The van der Waals surface area contributed by atoms with E-state index in [1.165, 1.54) is 116 Å². The van der Waals surface area contributed by atoms with Crippen LogP contribution in [0.4, 0.5) is 0 Å². The molecule has 0 fully saturated rings. The third-order valence-corrected chi connectivity index (χ3v) is 11.4. The van der Waals surface area contributed by atoms with Gasteiger partial charge in [0.05, 0.1) is 0 Å². The fraction of sp³-hybridized carbons (Fsp3) is 0.656. The van der Waals surface area contributed by atoms with Gasteiger partial charge in [-0.1, -0.05) is 239 Å². The Bertz CT molecular complexity index is 1390. The Balaban J connectivity index is 4.52. The van der Waals surface area contributed by atoms with Gasteiger partial charge in [-0.2, -0.15) is 0 Å². The van der Waals surface area contributed by atoms with E-state index in [9.17, 15) is 14.4 Å². The fourth-order valence-corrected chi connectivity index (χ4v) is 7.30. The van der Waals surface area contributed by atoms with E-state index < -0.39 is 6.10 Å². The molecule has 0 aliphatic heterocycles. The van der Waals surface area contributed by atoms with Crippen molar-refractivity contribution in [3.8, 4) is 0 Å². The van der Waals surface area contributed by atoms with E-state index >= 15 is 0 Å². The maximum atomic E-state index is 12.8. The van der Waals surface area contributed by atoms with Crippen molar-refractivity contribution in [3.63, 3.8) is 0 Å². The number of ether oxygens (including phenoxy) is 3. The molecule has 0 amide bonds. The lowest BCUT2D eigenvalue weighted by Gasteiger charge is -2.18. The summed E-state index contributed by atoms with van der Waals surface area (Å²) in [6.07, 6.45) is 73.5. The van der Waals surface area contributed by atoms with Gasteiger partial charge in [0.2, 0.25) is 0 Å². The van der Waals surface area contributed by atoms with E-state index in [4.69, 9.17) is 14.2 Å². The molecule has 380 valence electrons. The van der Waals surface area contributed by atoms with Gasteiger partial charge >= 0.3 is 17.9 Å². The molecule has 0 N–H and O–H groups in total. The molecule has 1 atom stereocenters. The number of hydrogen-bond acceptors (Lipinski definition) is 6. The van der Waals surface area contributed by atoms with Crippen LogP contribution in [0, 0.1) is 0 Å². The lowest BCUT2D eigenvalue weighted by atomic mass is 10.1. The molecule has 0 heterocycles. The number of esters is 3. The van der Waals surface area contributed by atoms with Crippen LogP contribution >= 0.6 is 0 Å². The van der Waals surface area contributed by atoms with Gasteiger partial charge in [0.25, 0.3) is 0 Å². The zero-order chi connectivity index (χ0) is 48.6. The number of rotatable bonds is 48. The van der Waals surface area contributed by atoms with E-state index in [1.807, 2.05) is 72.9 Å². The SMILES string of the molecule is CC\C=C/C=C\C=C/C=C\C=C\C=C/C=C\CCCCCC(=O)OCC(COC(=O)CCCCC/C=C\CCCCCCCC)OC(=O)CCCCCCCCC/C=C\CCCCCCCC. The summed E-state index contributed by atoms with van der Waals surface area (Å²) in [5.74, 6) is -0.970. The van der Waals surface area contributed by atoms with Crippen molar-refractivity contribution in [2.75, 3.05) is 13.2 Å². The molecule has 0 saturated heterocycles. The topological polar surface area (TPSA) is 78.9 Å². The molecular formula is C61H100O6. The fourth-order valence-electron chi connectivity index (χ4n) is 7.30. The number of unbranched alkanes of at least 4 members (excludes halogenated alkanes) is 25. The molecule has 0 spiro atoms. The Labute approximate surface area is 412 Å². The predicted octanol–water partition coefficient (Wildman–Crippen LogP) is 18.3. The third kappa shape index (κ3) is 52.9. The Morgan fingerprint density at radius 2 is 0.597 bits per heavy atom. The molecule has 0 aromatic heterocycles. The summed E-state index contributed by atoms with van der Waals surface area (Å²) in [6, 6.07) is 0. The van der Waals surface area contributed by atoms with Crippen LogP contribution in [0.3, 0.4) is 0 Å². The van der Waals surface area contributed by atoms with Gasteiger partial charge in [-0.3, -0.25) is 14.4 Å². The van der Waals surface area contributed by atoms with Gasteiger partial charge in [0, 0.05) is 19.3 Å². The van der Waals surface area contributed by atoms with E-state index in [0.29, 0.717) is 19.3 Å². The second kappa shape index (κ2) is 54.7. The summed E-state index contributed by atoms with van der Waals surface area (Å²) in [5.41, 5.74) is 0. The predicted molar refractivity (Wildman–Crippen MR) is 288 cm³/mol. The highest BCUT2D eigenvalue weighted by Crippen LogP contribution is 2.14. The van der Waals surface area contributed by atoms with Crippen LogP contribution < -0.4 is 0 Å². The van der Waals surface area contributed by atoms with Gasteiger partial charge in [-0.15, -0.1) is 0 Å². The molecule has 1 unspecified atom stereocenters. The zero-order valence-corrected chi connectivity index (χ0v) is 43.4. The molecule has 0 saturated carbocycles. The van der Waals surface area contributed by atoms with Crippen LogP contribution in [-0.2, 0) is 28.6 Å². The first-order chi connectivity index (χ1) is 33.0. The summed E-state index contributed by atoms with van der Waals surface area (Å²) in [5, 5.41) is 0. The highest BCUT2D eigenvalue weighted by atomic mass is 16.6. The number of hydrogen-bond donors (Lipinski definition) is 0. The smallest absolute Gasteiger partial charge is 0.306 e. The first-order valence-corrected chi connectivity index (χ1v) is 27.5. The quantitative estimate of drug-likeness (QED) is 0.0199. The number of carbonyl (C=O) groups is 3. The first kappa shape index (κ1) is 63.1. The minimum Gasteiger partial charge on any atom is -0.462 e. The summed E-state index contributed by atoms with van der Waals surface area (Å²) in [6.45, 7) is 6.42. The third-order valence-electron chi connectivity index (χ3n) is 11.4. The van der Waals surface area contributed by atoms with E-state index in [1.54, 1.807) is 0 Å². The van der Waals surface area contributed by atoms with Crippen molar-refractivity contribution in [2.24, 2.45) is 0 Å². The van der Waals surface area contributed by atoms with Crippen LogP contribution in [0.1, 0.15) is 239 Å². The monoisotopic (exact) mass is 929 g/mol. The molecule has 0 aliphatic carbocycles. The van der Waals surface area contributed by atoms with E-state index in [2.05, 4.69) is 57.2 Å². The number of allylic oxidation sites excluding steroid dienone is 18. The van der Waals surface area contributed by atoms with Crippen LogP contribution in [-0.4, -0.2) is 37.2 Å². The molecule has 0 aliphatic rings. The molecule has 67 heavy (non-hydrogen) atoms. The minimum absolute atomic E-state index is 0.104.